The topological polar surface area (TPSA) is 86.0 Å². The first-order valence-corrected chi connectivity index (χ1v) is 9.41. The number of nitrogens with zero attached hydrogens (tertiary/aromatic N) is 2. The van der Waals surface area contributed by atoms with E-state index < -0.39 is 4.92 Å². The van der Waals surface area contributed by atoms with Crippen LogP contribution in [-0.4, -0.2) is 18.2 Å². The molecule has 7 nitrogen and oxygen atoms in total. The van der Waals surface area contributed by atoms with Crippen molar-refractivity contribution in [2.24, 2.45) is 5.10 Å². The van der Waals surface area contributed by atoms with Crippen molar-refractivity contribution in [1.29, 1.82) is 0 Å². The molecular weight excluding hydrogens is 382 g/mol. The van der Waals surface area contributed by atoms with Crippen molar-refractivity contribution in [2.75, 3.05) is 7.11 Å². The zero-order valence-electron chi connectivity index (χ0n) is 16.9. The summed E-state index contributed by atoms with van der Waals surface area (Å²) in [7, 11) is 1.45. The summed E-state index contributed by atoms with van der Waals surface area (Å²) in [6, 6.07) is 20.7. The lowest BCUT2D eigenvalue weighted by molar-refractivity contribution is -0.386. The smallest absolute Gasteiger partial charge is 0.315 e. The number of nitrogens with one attached hydrogen (secondary N) is 1. The molecule has 1 N–H and O–H groups in total. The summed E-state index contributed by atoms with van der Waals surface area (Å²) in [5, 5.41) is 15.8. The maximum atomic E-state index is 11.6. The van der Waals surface area contributed by atoms with Gasteiger partial charge < -0.3 is 14.9 Å². The van der Waals surface area contributed by atoms with Gasteiger partial charge in [0.1, 0.15) is 6.61 Å². The molecule has 0 aliphatic rings. The second kappa shape index (κ2) is 10.1. The summed E-state index contributed by atoms with van der Waals surface area (Å²) in [5.41, 5.74) is 6.38. The molecule has 3 rings (SSSR count). The van der Waals surface area contributed by atoms with Gasteiger partial charge in [-0.15, -0.1) is 0 Å². The first-order valence-electron chi connectivity index (χ1n) is 9.41. The molecule has 3 aromatic carbocycles. The molecule has 0 unspecified atom stereocenters. The van der Waals surface area contributed by atoms with E-state index in [1.54, 1.807) is 6.07 Å². The third kappa shape index (κ3) is 5.57. The minimum Gasteiger partial charge on any atom is -0.493 e. The van der Waals surface area contributed by atoms with Gasteiger partial charge >= 0.3 is 5.69 Å². The van der Waals surface area contributed by atoms with E-state index in [2.05, 4.69) is 10.5 Å². The Morgan fingerprint density at radius 3 is 2.53 bits per heavy atom. The first-order chi connectivity index (χ1) is 14.6. The van der Waals surface area contributed by atoms with Gasteiger partial charge in [-0.05, 0) is 24.1 Å². The summed E-state index contributed by atoms with van der Waals surface area (Å²) in [4.78, 5) is 11.1. The van der Waals surface area contributed by atoms with Crippen LogP contribution in [0.4, 0.5) is 5.69 Å². The van der Waals surface area contributed by atoms with Crippen molar-refractivity contribution >= 4 is 11.9 Å². The number of nitro benzene ring substituents is 1. The maximum Gasteiger partial charge on any atom is 0.315 e. The molecule has 0 aliphatic carbocycles. The zero-order valence-corrected chi connectivity index (χ0v) is 16.9. The van der Waals surface area contributed by atoms with E-state index in [0.717, 1.165) is 16.7 Å². The van der Waals surface area contributed by atoms with Crippen molar-refractivity contribution in [3.05, 3.63) is 99.1 Å². The number of hydrogen-bond acceptors (Lipinski definition) is 6. The van der Waals surface area contributed by atoms with Gasteiger partial charge in [0.05, 0.1) is 24.8 Å². The van der Waals surface area contributed by atoms with Gasteiger partial charge in [-0.3, -0.25) is 10.1 Å². The van der Waals surface area contributed by atoms with Crippen LogP contribution in [0.25, 0.3) is 0 Å². The predicted octanol–water partition coefficient (Wildman–Crippen LogP) is 4.61. The fraction of sp³-hybridized carbons (Fsp3) is 0.174. The number of hydrazone groups is 1. The molecule has 0 fully saturated rings. The molecule has 0 spiro atoms. The number of benzene rings is 3. The minimum absolute atomic E-state index is 0.0957. The predicted molar refractivity (Wildman–Crippen MR) is 116 cm³/mol. The van der Waals surface area contributed by atoms with E-state index in [9.17, 15) is 10.1 Å². The lowest BCUT2D eigenvalue weighted by Gasteiger charge is -2.12. The van der Waals surface area contributed by atoms with Gasteiger partial charge in [0, 0.05) is 11.6 Å². The van der Waals surface area contributed by atoms with Gasteiger partial charge in [0.15, 0.2) is 5.75 Å². The Balaban J connectivity index is 1.76. The van der Waals surface area contributed by atoms with Gasteiger partial charge in [0.25, 0.3) is 0 Å². The largest absolute Gasteiger partial charge is 0.493 e. The number of aryl methyl sites for hydroxylation is 1. The molecule has 0 aliphatic heterocycles. The maximum absolute atomic E-state index is 11.6. The van der Waals surface area contributed by atoms with Gasteiger partial charge in [-0.1, -0.05) is 60.2 Å². The van der Waals surface area contributed by atoms with Crippen molar-refractivity contribution < 1.29 is 14.4 Å². The summed E-state index contributed by atoms with van der Waals surface area (Å²) < 4.78 is 11.1. The number of ether oxygens (including phenoxy) is 2. The third-order valence-corrected chi connectivity index (χ3v) is 4.37. The van der Waals surface area contributed by atoms with Crippen molar-refractivity contribution in [3.8, 4) is 11.5 Å². The van der Waals surface area contributed by atoms with E-state index in [-0.39, 0.29) is 23.8 Å². The number of methoxy groups -OCH3 is 1. The van der Waals surface area contributed by atoms with Gasteiger partial charge in [-0.25, -0.2) is 0 Å². The zero-order chi connectivity index (χ0) is 21.3. The molecule has 0 amide bonds. The normalized spacial score (nSPS) is 10.7. The minimum atomic E-state index is -0.483. The van der Waals surface area contributed by atoms with Crippen molar-refractivity contribution in [1.82, 2.24) is 5.43 Å². The molecular formula is C23H23N3O4. The van der Waals surface area contributed by atoms with Crippen LogP contribution in [0.5, 0.6) is 11.5 Å². The summed E-state index contributed by atoms with van der Waals surface area (Å²) in [6.45, 7) is 2.73. The quantitative estimate of drug-likeness (QED) is 0.319. The second-order valence-electron chi connectivity index (χ2n) is 6.68. The lowest BCUT2D eigenvalue weighted by atomic mass is 10.1. The summed E-state index contributed by atoms with van der Waals surface area (Å²) in [6.07, 6.45) is 1.52. The monoisotopic (exact) mass is 405 g/mol. The molecule has 30 heavy (non-hydrogen) atoms. The summed E-state index contributed by atoms with van der Waals surface area (Å²) in [5.74, 6) is 0.375. The highest BCUT2D eigenvalue weighted by atomic mass is 16.6. The van der Waals surface area contributed by atoms with E-state index in [1.807, 2.05) is 61.5 Å². The molecule has 154 valence electrons. The van der Waals surface area contributed by atoms with E-state index in [4.69, 9.17) is 9.47 Å². The average molecular weight is 405 g/mol. The van der Waals surface area contributed by atoms with Crippen LogP contribution in [0.2, 0.25) is 0 Å². The standard InChI is InChI=1S/C23H23N3O4/c1-17-7-6-10-19(11-17)16-30-23-21(26(27)28)12-20(13-22(23)29-2)15-25-24-14-18-8-4-3-5-9-18/h3-13,15,24H,14,16H2,1-2H3. The molecule has 0 bridgehead atoms. The number of nitro groups is 1. The summed E-state index contributed by atoms with van der Waals surface area (Å²) >= 11 is 0. The third-order valence-electron chi connectivity index (χ3n) is 4.37. The number of hydrogen-bond donors (Lipinski definition) is 1. The number of rotatable bonds is 9. The van der Waals surface area contributed by atoms with Crippen LogP contribution in [-0.2, 0) is 13.2 Å². The molecule has 3 aromatic rings. The van der Waals surface area contributed by atoms with Crippen LogP contribution < -0.4 is 14.9 Å². The lowest BCUT2D eigenvalue weighted by Crippen LogP contribution is -2.06. The van der Waals surface area contributed by atoms with Crippen molar-refractivity contribution in [3.63, 3.8) is 0 Å². The fourth-order valence-electron chi connectivity index (χ4n) is 2.93. The van der Waals surface area contributed by atoms with Crippen LogP contribution in [0.1, 0.15) is 22.3 Å². The van der Waals surface area contributed by atoms with E-state index in [1.165, 1.54) is 19.4 Å². The Kier molecular flexibility index (Phi) is 7.00. The van der Waals surface area contributed by atoms with Crippen LogP contribution in [0.15, 0.2) is 71.8 Å². The van der Waals surface area contributed by atoms with Crippen LogP contribution >= 0.6 is 0 Å². The van der Waals surface area contributed by atoms with Crippen molar-refractivity contribution in [2.45, 2.75) is 20.1 Å². The van der Waals surface area contributed by atoms with Gasteiger partial charge in [-0.2, -0.15) is 5.10 Å². The highest BCUT2D eigenvalue weighted by molar-refractivity contribution is 5.83. The molecule has 0 heterocycles. The average Bonchev–Trinajstić information content (AvgIpc) is 2.75. The van der Waals surface area contributed by atoms with E-state index >= 15 is 0 Å². The van der Waals surface area contributed by atoms with Crippen LogP contribution in [0, 0.1) is 17.0 Å². The Morgan fingerprint density at radius 2 is 1.83 bits per heavy atom. The van der Waals surface area contributed by atoms with Gasteiger partial charge in [0.2, 0.25) is 5.75 Å². The highest BCUT2D eigenvalue weighted by Crippen LogP contribution is 2.38. The Morgan fingerprint density at radius 1 is 1.07 bits per heavy atom. The molecule has 0 saturated carbocycles. The Bertz CT molecular complexity index is 1040. The van der Waals surface area contributed by atoms with E-state index in [0.29, 0.717) is 12.1 Å². The first kappa shape index (κ1) is 20.9. The Labute approximate surface area is 175 Å². The second-order valence-corrected chi connectivity index (χ2v) is 6.68. The molecule has 0 atom stereocenters. The Hall–Kier alpha value is -3.87. The molecule has 7 heteroatoms. The van der Waals surface area contributed by atoms with Crippen LogP contribution in [0.3, 0.4) is 0 Å². The molecule has 0 saturated heterocycles. The SMILES string of the molecule is COc1cc(C=NNCc2ccccc2)cc([N+](=O)[O-])c1OCc1cccc(C)c1. The fourth-order valence-corrected chi connectivity index (χ4v) is 2.93. The highest BCUT2D eigenvalue weighted by Gasteiger charge is 2.22. The molecule has 0 aromatic heterocycles. The molecule has 0 radical (unpaired) electrons.